The molecule has 0 unspecified atom stereocenters. The maximum atomic E-state index is 4.98. The Morgan fingerprint density at radius 1 is 1.67 bits per heavy atom. The van der Waals surface area contributed by atoms with Gasteiger partial charge in [-0.05, 0) is 18.1 Å². The first-order valence-corrected chi connectivity index (χ1v) is 3.54. The Morgan fingerprint density at radius 3 is 2.89 bits per heavy atom. The van der Waals surface area contributed by atoms with E-state index in [9.17, 15) is 0 Å². The molecule has 0 spiro atoms. The van der Waals surface area contributed by atoms with Crippen molar-refractivity contribution in [1.82, 2.24) is 0 Å². The monoisotopic (exact) mass is 140 g/mol. The second-order valence-corrected chi connectivity index (χ2v) is 2.41. The lowest BCUT2D eigenvalue weighted by atomic mass is 10.2. The molecule has 0 aromatic carbocycles. The van der Waals surface area contributed by atoms with Crippen molar-refractivity contribution in [3.05, 3.63) is 17.9 Å². The maximum Gasteiger partial charge on any atom is 0.138 e. The van der Waals surface area contributed by atoms with E-state index in [0.29, 0.717) is 0 Å². The average molecular weight is 140 g/mol. The first-order chi connectivity index (χ1) is 4.34. The number of aryl methyl sites for hydroxylation is 1. The standard InChI is InChI=1S/C7H9OP/c1-2-3-6-4-5-8-7(6)9/h4-5H,2-3H2,1H3. The normalized spacial score (nSPS) is 10.0. The molecule has 0 aliphatic rings. The lowest BCUT2D eigenvalue weighted by Gasteiger charge is -1.90. The van der Waals surface area contributed by atoms with Crippen molar-refractivity contribution < 1.29 is 4.42 Å². The van der Waals surface area contributed by atoms with Crippen molar-refractivity contribution in [2.75, 3.05) is 0 Å². The van der Waals surface area contributed by atoms with Gasteiger partial charge in [0.25, 0.3) is 0 Å². The Kier molecular flexibility index (Phi) is 2.29. The van der Waals surface area contributed by atoms with Gasteiger partial charge in [0.2, 0.25) is 0 Å². The molecule has 48 valence electrons. The molecule has 0 saturated carbocycles. The molecule has 2 radical (unpaired) electrons. The lowest BCUT2D eigenvalue weighted by Crippen LogP contribution is -1.93. The molecule has 1 rings (SSSR count). The van der Waals surface area contributed by atoms with Gasteiger partial charge in [0.15, 0.2) is 0 Å². The number of hydrogen-bond acceptors (Lipinski definition) is 1. The number of hydrogen-bond donors (Lipinski definition) is 0. The summed E-state index contributed by atoms with van der Waals surface area (Å²) in [5, 5.41) is 0. The summed E-state index contributed by atoms with van der Waals surface area (Å²) in [6, 6.07) is 1.96. The van der Waals surface area contributed by atoms with Crippen molar-refractivity contribution in [1.29, 1.82) is 0 Å². The molecular formula is C7H9OP. The molecule has 9 heavy (non-hydrogen) atoms. The summed E-state index contributed by atoms with van der Waals surface area (Å²) in [5.41, 5.74) is 1.97. The zero-order chi connectivity index (χ0) is 6.69. The molecule has 1 heterocycles. The fraction of sp³-hybridized carbons (Fsp3) is 0.429. The zero-order valence-corrected chi connectivity index (χ0v) is 6.32. The zero-order valence-electron chi connectivity index (χ0n) is 5.42. The van der Waals surface area contributed by atoms with E-state index in [1.54, 1.807) is 6.26 Å². The Morgan fingerprint density at radius 2 is 2.44 bits per heavy atom. The summed E-state index contributed by atoms with van der Waals surface area (Å²) < 4.78 is 4.98. The topological polar surface area (TPSA) is 13.1 Å². The van der Waals surface area contributed by atoms with Gasteiger partial charge in [0.1, 0.15) is 5.50 Å². The first-order valence-electron chi connectivity index (χ1n) is 3.10. The minimum Gasteiger partial charge on any atom is -0.464 e. The van der Waals surface area contributed by atoms with Crippen LogP contribution in [-0.4, -0.2) is 0 Å². The van der Waals surface area contributed by atoms with Gasteiger partial charge >= 0.3 is 0 Å². The van der Waals surface area contributed by atoms with Crippen LogP contribution in [0.2, 0.25) is 0 Å². The van der Waals surface area contributed by atoms with Crippen molar-refractivity contribution in [3.8, 4) is 0 Å². The summed E-state index contributed by atoms with van der Waals surface area (Å²) in [6.07, 6.45) is 3.88. The maximum absolute atomic E-state index is 4.98. The molecule has 1 nitrogen and oxygen atoms in total. The van der Waals surface area contributed by atoms with Crippen LogP contribution in [0.25, 0.3) is 0 Å². The SMILES string of the molecule is CCCc1ccoc1[P]. The molecule has 1 aromatic rings. The van der Waals surface area contributed by atoms with Crippen LogP contribution in [0.5, 0.6) is 0 Å². The summed E-state index contributed by atoms with van der Waals surface area (Å²) in [5.74, 6) is 0. The van der Waals surface area contributed by atoms with Gasteiger partial charge in [0, 0.05) is 9.24 Å². The molecule has 0 atom stereocenters. The predicted molar refractivity (Wildman–Crippen MR) is 39.3 cm³/mol. The van der Waals surface area contributed by atoms with Crippen LogP contribution in [0.1, 0.15) is 18.9 Å². The Bertz CT molecular complexity index is 181. The number of rotatable bonds is 2. The molecule has 0 amide bonds. The Balaban J connectivity index is 2.69. The predicted octanol–water partition coefficient (Wildman–Crippen LogP) is 2.27. The van der Waals surface area contributed by atoms with Crippen LogP contribution >= 0.6 is 9.24 Å². The smallest absolute Gasteiger partial charge is 0.138 e. The molecule has 2 heteroatoms. The second kappa shape index (κ2) is 3.03. The molecule has 1 aromatic heterocycles. The fourth-order valence-electron chi connectivity index (χ4n) is 0.787. The van der Waals surface area contributed by atoms with Crippen LogP contribution < -0.4 is 5.50 Å². The summed E-state index contributed by atoms with van der Waals surface area (Å²) in [6.45, 7) is 2.14. The summed E-state index contributed by atoms with van der Waals surface area (Å²) in [4.78, 5) is 0. The molecule has 0 N–H and O–H groups in total. The fourth-order valence-corrected chi connectivity index (χ4v) is 1.03. The molecule has 0 aliphatic heterocycles. The largest absolute Gasteiger partial charge is 0.464 e. The first kappa shape index (κ1) is 6.82. The van der Waals surface area contributed by atoms with Gasteiger partial charge in [0.05, 0.1) is 6.26 Å². The summed E-state index contributed by atoms with van der Waals surface area (Å²) >= 11 is 0. The average Bonchev–Trinajstić information content (AvgIpc) is 2.18. The number of furan rings is 1. The van der Waals surface area contributed by atoms with E-state index < -0.39 is 0 Å². The highest BCUT2D eigenvalue weighted by molar-refractivity contribution is 7.26. The highest BCUT2D eigenvalue weighted by Gasteiger charge is 1.98. The van der Waals surface area contributed by atoms with E-state index in [0.717, 1.165) is 18.3 Å². The second-order valence-electron chi connectivity index (χ2n) is 2.00. The minimum atomic E-state index is 0.761. The molecule has 0 saturated heterocycles. The highest BCUT2D eigenvalue weighted by Crippen LogP contribution is 2.03. The Labute approximate surface area is 57.7 Å². The van der Waals surface area contributed by atoms with Crippen molar-refractivity contribution >= 4 is 14.7 Å². The van der Waals surface area contributed by atoms with Crippen molar-refractivity contribution in [2.24, 2.45) is 0 Å². The molecule has 0 bridgehead atoms. The van der Waals surface area contributed by atoms with E-state index in [4.69, 9.17) is 4.42 Å². The van der Waals surface area contributed by atoms with Gasteiger partial charge in [-0.1, -0.05) is 13.3 Å². The van der Waals surface area contributed by atoms with E-state index >= 15 is 0 Å². The highest BCUT2D eigenvalue weighted by atomic mass is 31.0. The van der Waals surface area contributed by atoms with Crippen LogP contribution in [0, 0.1) is 0 Å². The van der Waals surface area contributed by atoms with Gasteiger partial charge in [-0.25, -0.2) is 0 Å². The van der Waals surface area contributed by atoms with E-state index in [1.807, 2.05) is 6.07 Å². The van der Waals surface area contributed by atoms with Crippen LogP contribution in [0.4, 0.5) is 0 Å². The third-order valence-corrected chi connectivity index (χ3v) is 1.64. The van der Waals surface area contributed by atoms with E-state index in [-0.39, 0.29) is 0 Å². The van der Waals surface area contributed by atoms with Crippen LogP contribution in [0.3, 0.4) is 0 Å². The summed E-state index contributed by atoms with van der Waals surface area (Å²) in [7, 11) is 4.12. The third-order valence-electron chi connectivity index (χ3n) is 1.24. The van der Waals surface area contributed by atoms with Crippen LogP contribution in [-0.2, 0) is 6.42 Å². The minimum absolute atomic E-state index is 0.761. The Hall–Kier alpha value is -0.290. The van der Waals surface area contributed by atoms with E-state index in [2.05, 4.69) is 16.2 Å². The van der Waals surface area contributed by atoms with Crippen LogP contribution in [0.15, 0.2) is 16.7 Å². The van der Waals surface area contributed by atoms with Gasteiger partial charge in [-0.3, -0.25) is 0 Å². The van der Waals surface area contributed by atoms with Crippen molar-refractivity contribution in [3.63, 3.8) is 0 Å². The quantitative estimate of drug-likeness (QED) is 0.574. The van der Waals surface area contributed by atoms with E-state index in [1.165, 1.54) is 5.56 Å². The molecule has 0 fully saturated rings. The lowest BCUT2D eigenvalue weighted by molar-refractivity contribution is 0.601. The molecule has 0 aliphatic carbocycles. The van der Waals surface area contributed by atoms with Crippen molar-refractivity contribution in [2.45, 2.75) is 19.8 Å². The van der Waals surface area contributed by atoms with Gasteiger partial charge in [-0.2, -0.15) is 0 Å². The third kappa shape index (κ3) is 1.56. The van der Waals surface area contributed by atoms with Gasteiger partial charge in [-0.15, -0.1) is 0 Å². The molecular weight excluding hydrogens is 131 g/mol. The van der Waals surface area contributed by atoms with Gasteiger partial charge < -0.3 is 4.42 Å².